The molecule has 0 heteroatoms. The normalized spacial score (nSPS) is 21.3. The standard InChI is InChI=1S/C23H30/c1-19-11-13-20(14-12-19)7-5-6-8-21-15-17-23(18-16-21)22-9-3-2-4-10-22/h2-4,9-10,15-20H,5-8,11-14H2,1H3. The fourth-order valence-corrected chi connectivity index (χ4v) is 3.87. The van der Waals surface area contributed by atoms with Gasteiger partial charge in [-0.15, -0.1) is 0 Å². The molecule has 0 bridgehead atoms. The van der Waals surface area contributed by atoms with Crippen molar-refractivity contribution in [1.82, 2.24) is 0 Å². The third kappa shape index (κ3) is 4.96. The lowest BCUT2D eigenvalue weighted by Crippen LogP contribution is -2.12. The van der Waals surface area contributed by atoms with Crippen LogP contribution in [-0.2, 0) is 6.42 Å². The number of hydrogen-bond donors (Lipinski definition) is 0. The van der Waals surface area contributed by atoms with Crippen molar-refractivity contribution in [2.75, 3.05) is 0 Å². The number of hydrogen-bond acceptors (Lipinski definition) is 0. The van der Waals surface area contributed by atoms with Crippen LogP contribution in [0.1, 0.15) is 57.4 Å². The van der Waals surface area contributed by atoms with E-state index >= 15 is 0 Å². The predicted octanol–water partition coefficient (Wildman–Crippen LogP) is 6.89. The summed E-state index contributed by atoms with van der Waals surface area (Å²) in [5.41, 5.74) is 4.12. The molecule has 1 fully saturated rings. The van der Waals surface area contributed by atoms with Crippen molar-refractivity contribution in [2.24, 2.45) is 11.8 Å². The van der Waals surface area contributed by atoms with Gasteiger partial charge in [0.2, 0.25) is 0 Å². The summed E-state index contributed by atoms with van der Waals surface area (Å²) in [7, 11) is 0. The molecular formula is C23H30. The Balaban J connectivity index is 1.41. The zero-order valence-electron chi connectivity index (χ0n) is 14.5. The lowest BCUT2D eigenvalue weighted by Gasteiger charge is -2.26. The number of rotatable bonds is 6. The van der Waals surface area contributed by atoms with Crippen LogP contribution in [0, 0.1) is 11.8 Å². The van der Waals surface area contributed by atoms with Crippen LogP contribution in [0.2, 0.25) is 0 Å². The minimum atomic E-state index is 0.981. The van der Waals surface area contributed by atoms with E-state index in [1.807, 2.05) is 0 Å². The molecule has 2 aromatic carbocycles. The second-order valence-corrected chi connectivity index (χ2v) is 7.43. The van der Waals surface area contributed by atoms with Crippen LogP contribution >= 0.6 is 0 Å². The van der Waals surface area contributed by atoms with Crippen molar-refractivity contribution in [3.05, 3.63) is 60.2 Å². The fourth-order valence-electron chi connectivity index (χ4n) is 3.87. The average molecular weight is 306 g/mol. The van der Waals surface area contributed by atoms with Crippen LogP contribution in [0.4, 0.5) is 0 Å². The van der Waals surface area contributed by atoms with E-state index in [2.05, 4.69) is 61.5 Å². The molecule has 0 N–H and O–H groups in total. The summed E-state index contributed by atoms with van der Waals surface area (Å²) in [6.07, 6.45) is 11.3. The second kappa shape index (κ2) is 8.34. The Morgan fingerprint density at radius 3 is 2.09 bits per heavy atom. The van der Waals surface area contributed by atoms with Crippen molar-refractivity contribution in [1.29, 1.82) is 0 Å². The van der Waals surface area contributed by atoms with Crippen molar-refractivity contribution in [2.45, 2.75) is 58.3 Å². The highest BCUT2D eigenvalue weighted by Gasteiger charge is 2.17. The molecule has 0 atom stereocenters. The molecular weight excluding hydrogens is 276 g/mol. The molecule has 0 amide bonds. The Kier molecular flexibility index (Phi) is 5.91. The Hall–Kier alpha value is -1.56. The quantitative estimate of drug-likeness (QED) is 0.509. The van der Waals surface area contributed by atoms with Gasteiger partial charge in [-0.25, -0.2) is 0 Å². The summed E-state index contributed by atoms with van der Waals surface area (Å²) in [6.45, 7) is 2.41. The maximum absolute atomic E-state index is 2.41. The number of benzene rings is 2. The van der Waals surface area contributed by atoms with Crippen LogP contribution in [0.5, 0.6) is 0 Å². The zero-order valence-corrected chi connectivity index (χ0v) is 14.5. The van der Waals surface area contributed by atoms with Crippen LogP contribution < -0.4 is 0 Å². The molecule has 122 valence electrons. The number of unbranched alkanes of at least 4 members (excludes halogenated alkanes) is 1. The molecule has 1 aliphatic carbocycles. The van der Waals surface area contributed by atoms with Gasteiger partial charge in [0.15, 0.2) is 0 Å². The molecule has 0 saturated heterocycles. The molecule has 0 nitrogen and oxygen atoms in total. The monoisotopic (exact) mass is 306 g/mol. The smallest absolute Gasteiger partial charge is 0.0184 e. The minimum absolute atomic E-state index is 0.981. The molecule has 0 radical (unpaired) electrons. The lowest BCUT2D eigenvalue weighted by atomic mass is 9.80. The fraction of sp³-hybridized carbons (Fsp3) is 0.478. The molecule has 0 heterocycles. The third-order valence-corrected chi connectivity index (χ3v) is 5.52. The van der Waals surface area contributed by atoms with Crippen LogP contribution in [0.25, 0.3) is 11.1 Å². The maximum atomic E-state index is 2.41. The van der Waals surface area contributed by atoms with Crippen molar-refractivity contribution >= 4 is 0 Å². The van der Waals surface area contributed by atoms with Gasteiger partial charge >= 0.3 is 0 Å². The first-order valence-electron chi connectivity index (χ1n) is 9.45. The number of aryl methyl sites for hydroxylation is 1. The van der Waals surface area contributed by atoms with Gasteiger partial charge < -0.3 is 0 Å². The van der Waals surface area contributed by atoms with E-state index in [0.29, 0.717) is 0 Å². The third-order valence-electron chi connectivity index (χ3n) is 5.52. The SMILES string of the molecule is CC1CCC(CCCCc2ccc(-c3ccccc3)cc2)CC1. The summed E-state index contributed by atoms with van der Waals surface area (Å²) in [5, 5.41) is 0. The predicted molar refractivity (Wildman–Crippen MR) is 101 cm³/mol. The van der Waals surface area contributed by atoms with Gasteiger partial charge in [0.1, 0.15) is 0 Å². The maximum Gasteiger partial charge on any atom is -0.0184 e. The summed E-state index contributed by atoms with van der Waals surface area (Å²) in [4.78, 5) is 0. The average Bonchev–Trinajstić information content (AvgIpc) is 2.62. The Morgan fingerprint density at radius 1 is 0.739 bits per heavy atom. The van der Waals surface area contributed by atoms with Crippen LogP contribution in [0.15, 0.2) is 54.6 Å². The van der Waals surface area contributed by atoms with Crippen LogP contribution in [-0.4, -0.2) is 0 Å². The Labute approximate surface area is 141 Å². The molecule has 0 aromatic heterocycles. The van der Waals surface area contributed by atoms with E-state index in [4.69, 9.17) is 0 Å². The van der Waals surface area contributed by atoms with Gasteiger partial charge in [-0.3, -0.25) is 0 Å². The lowest BCUT2D eigenvalue weighted by molar-refractivity contribution is 0.272. The molecule has 1 saturated carbocycles. The minimum Gasteiger partial charge on any atom is -0.0625 e. The second-order valence-electron chi connectivity index (χ2n) is 7.43. The highest BCUT2D eigenvalue weighted by Crippen LogP contribution is 2.31. The van der Waals surface area contributed by atoms with Gasteiger partial charge in [-0.2, -0.15) is 0 Å². The van der Waals surface area contributed by atoms with Gasteiger partial charge in [-0.05, 0) is 41.4 Å². The van der Waals surface area contributed by atoms with E-state index in [-0.39, 0.29) is 0 Å². The highest BCUT2D eigenvalue weighted by molar-refractivity contribution is 5.63. The highest BCUT2D eigenvalue weighted by atomic mass is 14.2. The topological polar surface area (TPSA) is 0 Å². The molecule has 23 heavy (non-hydrogen) atoms. The summed E-state index contributed by atoms with van der Waals surface area (Å²) in [6, 6.07) is 19.8. The van der Waals surface area contributed by atoms with Gasteiger partial charge in [0.25, 0.3) is 0 Å². The first kappa shape index (κ1) is 16.3. The van der Waals surface area contributed by atoms with E-state index in [1.54, 1.807) is 0 Å². The van der Waals surface area contributed by atoms with Gasteiger partial charge in [0, 0.05) is 0 Å². The molecule has 0 aliphatic heterocycles. The van der Waals surface area contributed by atoms with Crippen molar-refractivity contribution < 1.29 is 0 Å². The Morgan fingerprint density at radius 2 is 1.39 bits per heavy atom. The van der Waals surface area contributed by atoms with E-state index in [0.717, 1.165) is 11.8 Å². The zero-order chi connectivity index (χ0) is 15.9. The largest absolute Gasteiger partial charge is 0.0625 e. The summed E-state index contributed by atoms with van der Waals surface area (Å²) in [5.74, 6) is 2.00. The van der Waals surface area contributed by atoms with E-state index < -0.39 is 0 Å². The molecule has 2 aromatic rings. The molecule has 3 rings (SSSR count). The summed E-state index contributed by atoms with van der Waals surface area (Å²) >= 11 is 0. The van der Waals surface area contributed by atoms with Crippen LogP contribution in [0.3, 0.4) is 0 Å². The van der Waals surface area contributed by atoms with E-state index in [9.17, 15) is 0 Å². The first-order valence-corrected chi connectivity index (χ1v) is 9.45. The van der Waals surface area contributed by atoms with Crippen molar-refractivity contribution in [3.8, 4) is 11.1 Å². The van der Waals surface area contributed by atoms with Crippen molar-refractivity contribution in [3.63, 3.8) is 0 Å². The first-order chi connectivity index (χ1) is 11.3. The van der Waals surface area contributed by atoms with Gasteiger partial charge in [0.05, 0.1) is 0 Å². The molecule has 1 aliphatic rings. The molecule has 0 spiro atoms. The Bertz CT molecular complexity index is 559. The molecule has 0 unspecified atom stereocenters. The van der Waals surface area contributed by atoms with E-state index in [1.165, 1.54) is 68.1 Å². The summed E-state index contributed by atoms with van der Waals surface area (Å²) < 4.78 is 0. The van der Waals surface area contributed by atoms with Gasteiger partial charge in [-0.1, -0.05) is 100 Å².